The summed E-state index contributed by atoms with van der Waals surface area (Å²) in [6.07, 6.45) is 8.40. The summed E-state index contributed by atoms with van der Waals surface area (Å²) in [7, 11) is 0. The minimum atomic E-state index is -0.396. The summed E-state index contributed by atoms with van der Waals surface area (Å²) in [5.74, 6) is -0.229. The highest BCUT2D eigenvalue weighted by molar-refractivity contribution is 7.79. The second-order valence-electron chi connectivity index (χ2n) is 2.71. The third kappa shape index (κ3) is 3.72. The molecule has 0 heterocycles. The maximum Gasteiger partial charge on any atom is 0.148 e. The fourth-order valence-electron chi connectivity index (χ4n) is 0.984. The average molecular weight is 233 g/mol. The molecule has 14 heavy (non-hydrogen) atoms. The lowest BCUT2D eigenvalue weighted by atomic mass is 10.1. The molecule has 0 saturated heterocycles. The summed E-state index contributed by atoms with van der Waals surface area (Å²) in [6, 6.07) is 0. The minimum absolute atomic E-state index is 0.167. The van der Waals surface area contributed by atoms with Crippen LogP contribution in [-0.4, -0.2) is 6.26 Å². The molecular weight excluding hydrogens is 219 g/mol. The molecule has 0 aliphatic heterocycles. The molecule has 0 spiro atoms. The van der Waals surface area contributed by atoms with Crippen molar-refractivity contribution in [1.29, 1.82) is 0 Å². The summed E-state index contributed by atoms with van der Waals surface area (Å²) in [5, 5.41) is 0.169. The van der Waals surface area contributed by atoms with Crippen molar-refractivity contribution in [2.24, 2.45) is 5.92 Å². The van der Waals surface area contributed by atoms with E-state index in [1.807, 2.05) is 13.0 Å². The summed E-state index contributed by atoms with van der Waals surface area (Å²) >= 11 is 9.21. The first-order valence-electron chi connectivity index (χ1n) is 4.18. The van der Waals surface area contributed by atoms with E-state index in [0.717, 1.165) is 0 Å². The second kappa shape index (κ2) is 6.91. The molecular formula is C11H14ClFS. The molecule has 0 aromatic carbocycles. The molecule has 0 aromatic heterocycles. The second-order valence-corrected chi connectivity index (χ2v) is 3.11. The SMILES string of the molecule is C=CC1=C(F)C(Cl)=CC(C)C=C1.CS. The van der Waals surface area contributed by atoms with Gasteiger partial charge in [-0.25, -0.2) is 4.39 Å². The van der Waals surface area contributed by atoms with E-state index >= 15 is 0 Å². The van der Waals surface area contributed by atoms with E-state index in [0.29, 0.717) is 5.57 Å². The molecule has 1 aliphatic rings. The van der Waals surface area contributed by atoms with Gasteiger partial charge in [0.15, 0.2) is 0 Å². The summed E-state index contributed by atoms with van der Waals surface area (Å²) < 4.78 is 13.2. The van der Waals surface area contributed by atoms with Crippen LogP contribution in [0.2, 0.25) is 0 Å². The fourth-order valence-corrected chi connectivity index (χ4v) is 1.29. The van der Waals surface area contributed by atoms with E-state index in [-0.39, 0.29) is 11.0 Å². The lowest BCUT2D eigenvalue weighted by Crippen LogP contribution is -1.81. The average Bonchev–Trinajstić information content (AvgIpc) is 2.31. The van der Waals surface area contributed by atoms with Crippen molar-refractivity contribution in [3.63, 3.8) is 0 Å². The van der Waals surface area contributed by atoms with E-state index in [2.05, 4.69) is 19.2 Å². The molecule has 0 fully saturated rings. The Morgan fingerprint density at radius 2 is 2.14 bits per heavy atom. The van der Waals surface area contributed by atoms with Gasteiger partial charge in [0.05, 0.1) is 5.03 Å². The van der Waals surface area contributed by atoms with Gasteiger partial charge in [-0.2, -0.15) is 12.6 Å². The maximum absolute atomic E-state index is 13.2. The van der Waals surface area contributed by atoms with Crippen LogP contribution in [0.4, 0.5) is 4.39 Å². The molecule has 1 unspecified atom stereocenters. The highest BCUT2D eigenvalue weighted by Crippen LogP contribution is 2.26. The third-order valence-electron chi connectivity index (χ3n) is 1.67. The van der Waals surface area contributed by atoms with Crippen molar-refractivity contribution in [3.8, 4) is 0 Å². The highest BCUT2D eigenvalue weighted by Gasteiger charge is 2.09. The lowest BCUT2D eigenvalue weighted by molar-refractivity contribution is 0.656. The van der Waals surface area contributed by atoms with Gasteiger partial charge in [-0.1, -0.05) is 49.4 Å². The predicted molar refractivity (Wildman–Crippen MR) is 65.5 cm³/mol. The van der Waals surface area contributed by atoms with E-state index in [9.17, 15) is 4.39 Å². The predicted octanol–water partition coefficient (Wildman–Crippen LogP) is 4.27. The molecule has 0 bridgehead atoms. The molecule has 1 atom stereocenters. The Labute approximate surface area is 95.3 Å². The zero-order valence-corrected chi connectivity index (χ0v) is 9.95. The first kappa shape index (κ1) is 13.5. The first-order valence-corrected chi connectivity index (χ1v) is 5.45. The largest absolute Gasteiger partial charge is 0.205 e. The van der Waals surface area contributed by atoms with Crippen LogP contribution in [0.5, 0.6) is 0 Å². The van der Waals surface area contributed by atoms with Crippen molar-refractivity contribution in [2.45, 2.75) is 6.92 Å². The number of halogens is 2. The van der Waals surface area contributed by atoms with Gasteiger partial charge in [-0.15, -0.1) is 0 Å². The number of rotatable bonds is 1. The molecule has 3 heteroatoms. The summed E-state index contributed by atoms with van der Waals surface area (Å²) in [6.45, 7) is 5.44. The molecule has 0 amide bonds. The Hall–Kier alpha value is -0.470. The molecule has 0 saturated carbocycles. The van der Waals surface area contributed by atoms with Crippen LogP contribution in [0.3, 0.4) is 0 Å². The van der Waals surface area contributed by atoms with Gasteiger partial charge in [0.1, 0.15) is 5.83 Å². The van der Waals surface area contributed by atoms with Crippen LogP contribution in [-0.2, 0) is 0 Å². The minimum Gasteiger partial charge on any atom is -0.205 e. The number of allylic oxidation sites excluding steroid dienone is 7. The van der Waals surface area contributed by atoms with Crippen LogP contribution in [0, 0.1) is 5.92 Å². The van der Waals surface area contributed by atoms with Crippen molar-refractivity contribution >= 4 is 24.2 Å². The van der Waals surface area contributed by atoms with Crippen molar-refractivity contribution in [2.75, 3.05) is 6.26 Å². The first-order chi connectivity index (χ1) is 6.65. The molecule has 78 valence electrons. The Balaban J connectivity index is 0.000000791. The molecule has 1 rings (SSSR count). The smallest absolute Gasteiger partial charge is 0.148 e. The number of hydrogen-bond donors (Lipinski definition) is 1. The molecule has 0 N–H and O–H groups in total. The van der Waals surface area contributed by atoms with Gasteiger partial charge >= 0.3 is 0 Å². The van der Waals surface area contributed by atoms with Gasteiger partial charge in [0.2, 0.25) is 0 Å². The monoisotopic (exact) mass is 232 g/mol. The van der Waals surface area contributed by atoms with Crippen LogP contribution in [0.1, 0.15) is 6.92 Å². The van der Waals surface area contributed by atoms with Crippen molar-refractivity contribution in [1.82, 2.24) is 0 Å². The number of hydrogen-bond acceptors (Lipinski definition) is 1. The fraction of sp³-hybridized carbons (Fsp3) is 0.273. The molecule has 0 radical (unpaired) electrons. The van der Waals surface area contributed by atoms with E-state index in [1.165, 1.54) is 6.08 Å². The van der Waals surface area contributed by atoms with Gasteiger partial charge in [-0.3, -0.25) is 0 Å². The summed E-state index contributed by atoms with van der Waals surface area (Å²) in [4.78, 5) is 0. The van der Waals surface area contributed by atoms with Crippen LogP contribution in [0.15, 0.2) is 47.3 Å². The zero-order chi connectivity index (χ0) is 11.1. The Morgan fingerprint density at radius 3 is 2.64 bits per heavy atom. The number of thiol groups is 1. The van der Waals surface area contributed by atoms with Gasteiger partial charge < -0.3 is 0 Å². The Kier molecular flexibility index (Phi) is 6.67. The zero-order valence-electron chi connectivity index (χ0n) is 8.30. The van der Waals surface area contributed by atoms with Gasteiger partial charge in [-0.05, 0) is 12.2 Å². The van der Waals surface area contributed by atoms with Crippen molar-refractivity contribution in [3.05, 3.63) is 47.3 Å². The Bertz CT molecular complexity index is 290. The van der Waals surface area contributed by atoms with Crippen LogP contribution >= 0.6 is 24.2 Å². The third-order valence-corrected chi connectivity index (χ3v) is 1.96. The standard InChI is InChI=1S/C10H10ClF.CH4S/c1-3-8-5-4-7(2)6-9(11)10(8)12;1-2/h3-7H,1H2,2H3;2H,1H3. The van der Waals surface area contributed by atoms with Crippen molar-refractivity contribution < 1.29 is 4.39 Å². The Morgan fingerprint density at radius 1 is 1.57 bits per heavy atom. The van der Waals surface area contributed by atoms with Gasteiger partial charge in [0, 0.05) is 5.57 Å². The lowest BCUT2D eigenvalue weighted by Gasteiger charge is -1.96. The normalized spacial score (nSPS) is 20.6. The maximum atomic E-state index is 13.2. The van der Waals surface area contributed by atoms with E-state index < -0.39 is 5.83 Å². The van der Waals surface area contributed by atoms with E-state index in [1.54, 1.807) is 18.4 Å². The molecule has 1 aliphatic carbocycles. The topological polar surface area (TPSA) is 0 Å². The molecule has 0 nitrogen and oxygen atoms in total. The summed E-state index contributed by atoms with van der Waals surface area (Å²) in [5.41, 5.74) is 0.445. The van der Waals surface area contributed by atoms with E-state index in [4.69, 9.17) is 11.6 Å². The van der Waals surface area contributed by atoms with Crippen LogP contribution in [0.25, 0.3) is 0 Å². The quantitative estimate of drug-likeness (QED) is 0.642. The molecule has 0 aromatic rings. The van der Waals surface area contributed by atoms with Crippen LogP contribution < -0.4 is 0 Å². The van der Waals surface area contributed by atoms with Gasteiger partial charge in [0.25, 0.3) is 0 Å². The highest BCUT2D eigenvalue weighted by atomic mass is 35.5.